The zero-order chi connectivity index (χ0) is 12.4. The molecule has 1 fully saturated rings. The van der Waals surface area contributed by atoms with Crippen LogP contribution in [0.25, 0.3) is 0 Å². The van der Waals surface area contributed by atoms with Crippen LogP contribution in [-0.2, 0) is 4.79 Å². The maximum atomic E-state index is 12.1. The van der Waals surface area contributed by atoms with E-state index < -0.39 is 0 Å². The highest BCUT2D eigenvalue weighted by molar-refractivity contribution is 5.94. The van der Waals surface area contributed by atoms with Gasteiger partial charge in [0.05, 0.1) is 5.92 Å². The molecule has 2 atom stereocenters. The van der Waals surface area contributed by atoms with E-state index in [4.69, 9.17) is 5.73 Å². The summed E-state index contributed by atoms with van der Waals surface area (Å²) in [6, 6.07) is 6.11. The van der Waals surface area contributed by atoms with E-state index in [1.54, 1.807) is 0 Å². The van der Waals surface area contributed by atoms with Gasteiger partial charge in [-0.1, -0.05) is 18.6 Å². The van der Waals surface area contributed by atoms with Crippen LogP contribution < -0.4 is 11.1 Å². The van der Waals surface area contributed by atoms with E-state index in [1.807, 2.05) is 32.0 Å². The fourth-order valence-electron chi connectivity index (χ4n) is 2.41. The monoisotopic (exact) mass is 232 g/mol. The number of anilines is 1. The molecule has 0 saturated heterocycles. The Kier molecular flexibility index (Phi) is 3.48. The van der Waals surface area contributed by atoms with E-state index in [9.17, 15) is 4.79 Å². The number of rotatable bonds is 2. The number of carbonyl (C=O) groups is 1. The molecule has 1 saturated carbocycles. The van der Waals surface area contributed by atoms with E-state index in [0.717, 1.165) is 36.1 Å². The van der Waals surface area contributed by atoms with E-state index >= 15 is 0 Å². The second kappa shape index (κ2) is 4.88. The van der Waals surface area contributed by atoms with Gasteiger partial charge >= 0.3 is 0 Å². The highest BCUT2D eigenvalue weighted by atomic mass is 16.1. The summed E-state index contributed by atoms with van der Waals surface area (Å²) in [7, 11) is 0. The first-order valence-electron chi connectivity index (χ1n) is 6.21. The van der Waals surface area contributed by atoms with E-state index in [1.165, 1.54) is 0 Å². The van der Waals surface area contributed by atoms with Crippen molar-refractivity contribution in [3.8, 4) is 0 Å². The van der Waals surface area contributed by atoms with E-state index in [-0.39, 0.29) is 17.9 Å². The van der Waals surface area contributed by atoms with Gasteiger partial charge in [-0.15, -0.1) is 0 Å². The summed E-state index contributed by atoms with van der Waals surface area (Å²) < 4.78 is 0. The van der Waals surface area contributed by atoms with Crippen LogP contribution in [0.2, 0.25) is 0 Å². The van der Waals surface area contributed by atoms with Crippen molar-refractivity contribution in [2.24, 2.45) is 11.7 Å². The lowest BCUT2D eigenvalue weighted by molar-refractivity contribution is -0.120. The number of aryl methyl sites for hydroxylation is 2. The fourth-order valence-corrected chi connectivity index (χ4v) is 2.41. The number of amides is 1. The summed E-state index contributed by atoms with van der Waals surface area (Å²) in [6.07, 6.45) is 2.94. The van der Waals surface area contributed by atoms with Crippen LogP contribution >= 0.6 is 0 Å². The number of nitrogens with one attached hydrogen (secondary N) is 1. The molecule has 1 amide bonds. The van der Waals surface area contributed by atoms with Crippen LogP contribution in [0.3, 0.4) is 0 Å². The Morgan fingerprint density at radius 3 is 2.76 bits per heavy atom. The third-order valence-corrected chi connectivity index (χ3v) is 3.56. The Hall–Kier alpha value is -1.35. The summed E-state index contributed by atoms with van der Waals surface area (Å²) in [5.41, 5.74) is 9.10. The van der Waals surface area contributed by atoms with Gasteiger partial charge < -0.3 is 11.1 Å². The van der Waals surface area contributed by atoms with Gasteiger partial charge in [-0.2, -0.15) is 0 Å². The van der Waals surface area contributed by atoms with Crippen LogP contribution in [0.1, 0.15) is 30.4 Å². The van der Waals surface area contributed by atoms with Gasteiger partial charge in [0.15, 0.2) is 0 Å². The van der Waals surface area contributed by atoms with E-state index in [2.05, 4.69) is 5.32 Å². The van der Waals surface area contributed by atoms with Crippen LogP contribution in [0.5, 0.6) is 0 Å². The molecular weight excluding hydrogens is 212 g/mol. The Morgan fingerprint density at radius 2 is 2.12 bits per heavy atom. The van der Waals surface area contributed by atoms with Crippen molar-refractivity contribution in [2.75, 3.05) is 5.32 Å². The molecule has 17 heavy (non-hydrogen) atoms. The summed E-state index contributed by atoms with van der Waals surface area (Å²) in [5, 5.41) is 3.00. The van der Waals surface area contributed by atoms with Crippen molar-refractivity contribution in [1.82, 2.24) is 0 Å². The van der Waals surface area contributed by atoms with Gasteiger partial charge in [0, 0.05) is 11.7 Å². The van der Waals surface area contributed by atoms with Gasteiger partial charge in [-0.25, -0.2) is 0 Å². The molecule has 0 bridgehead atoms. The van der Waals surface area contributed by atoms with Gasteiger partial charge in [-0.05, 0) is 43.9 Å². The molecule has 2 rings (SSSR count). The number of carbonyl (C=O) groups excluding carboxylic acids is 1. The van der Waals surface area contributed by atoms with Crippen molar-refractivity contribution in [3.05, 3.63) is 29.3 Å². The first-order valence-corrected chi connectivity index (χ1v) is 6.21. The fraction of sp³-hybridized carbons (Fsp3) is 0.500. The molecule has 0 spiro atoms. The standard InChI is InChI=1S/C14H20N2O/c1-9-6-7-10(2)13(8-9)16-14(17)11-4-3-5-12(11)15/h6-8,11-12H,3-5,15H2,1-2H3,(H,16,17). The third kappa shape index (κ3) is 2.67. The minimum atomic E-state index is -0.0186. The SMILES string of the molecule is Cc1ccc(C)c(NC(=O)C2CCCC2N)c1. The van der Waals surface area contributed by atoms with Crippen LogP contribution in [0, 0.1) is 19.8 Å². The van der Waals surface area contributed by atoms with Crippen LogP contribution in [-0.4, -0.2) is 11.9 Å². The van der Waals surface area contributed by atoms with Crippen molar-refractivity contribution < 1.29 is 4.79 Å². The number of hydrogen-bond acceptors (Lipinski definition) is 2. The number of nitrogens with two attached hydrogens (primary N) is 1. The predicted octanol–water partition coefficient (Wildman–Crippen LogP) is 2.37. The summed E-state index contributed by atoms with van der Waals surface area (Å²) in [6.45, 7) is 4.03. The van der Waals surface area contributed by atoms with Gasteiger partial charge in [0.25, 0.3) is 0 Å². The summed E-state index contributed by atoms with van der Waals surface area (Å²) in [4.78, 5) is 12.1. The zero-order valence-electron chi connectivity index (χ0n) is 10.5. The molecule has 1 aliphatic rings. The van der Waals surface area contributed by atoms with Crippen LogP contribution in [0.15, 0.2) is 18.2 Å². The lowest BCUT2D eigenvalue weighted by Gasteiger charge is -2.16. The Morgan fingerprint density at radius 1 is 1.35 bits per heavy atom. The quantitative estimate of drug-likeness (QED) is 0.822. The normalized spacial score (nSPS) is 23.7. The van der Waals surface area contributed by atoms with Crippen molar-refractivity contribution in [1.29, 1.82) is 0 Å². The number of hydrogen-bond donors (Lipinski definition) is 2. The van der Waals surface area contributed by atoms with Gasteiger partial charge in [0.1, 0.15) is 0 Å². The molecule has 92 valence electrons. The molecular formula is C14H20N2O. The average molecular weight is 232 g/mol. The lowest BCUT2D eigenvalue weighted by Crippen LogP contribution is -2.34. The predicted molar refractivity (Wildman–Crippen MR) is 69.9 cm³/mol. The van der Waals surface area contributed by atoms with Crippen molar-refractivity contribution in [3.63, 3.8) is 0 Å². The summed E-state index contributed by atoms with van der Waals surface area (Å²) >= 11 is 0. The maximum absolute atomic E-state index is 12.1. The van der Waals surface area contributed by atoms with Gasteiger partial charge in [-0.3, -0.25) is 4.79 Å². The van der Waals surface area contributed by atoms with E-state index in [0.29, 0.717) is 0 Å². The molecule has 0 aliphatic heterocycles. The molecule has 1 aromatic carbocycles. The molecule has 2 unspecified atom stereocenters. The molecule has 0 radical (unpaired) electrons. The summed E-state index contributed by atoms with van der Waals surface area (Å²) in [5.74, 6) is 0.0543. The zero-order valence-corrected chi connectivity index (χ0v) is 10.5. The van der Waals surface area contributed by atoms with Gasteiger partial charge in [0.2, 0.25) is 5.91 Å². The largest absolute Gasteiger partial charge is 0.327 e. The smallest absolute Gasteiger partial charge is 0.229 e. The first kappa shape index (κ1) is 12.1. The first-order chi connectivity index (χ1) is 8.08. The minimum Gasteiger partial charge on any atom is -0.327 e. The minimum absolute atomic E-state index is 0.0186. The molecule has 3 N–H and O–H groups in total. The average Bonchev–Trinajstić information content (AvgIpc) is 2.70. The topological polar surface area (TPSA) is 55.1 Å². The van der Waals surface area contributed by atoms with Crippen molar-refractivity contribution >= 4 is 11.6 Å². The number of benzene rings is 1. The second-order valence-electron chi connectivity index (χ2n) is 5.01. The molecule has 1 aromatic rings. The molecule has 0 aromatic heterocycles. The lowest BCUT2D eigenvalue weighted by atomic mass is 10.0. The Labute approximate surface area is 102 Å². The maximum Gasteiger partial charge on any atom is 0.229 e. The Balaban J connectivity index is 2.10. The van der Waals surface area contributed by atoms with Crippen molar-refractivity contribution in [2.45, 2.75) is 39.2 Å². The molecule has 3 nitrogen and oxygen atoms in total. The molecule has 0 heterocycles. The highest BCUT2D eigenvalue weighted by Gasteiger charge is 2.30. The second-order valence-corrected chi connectivity index (χ2v) is 5.01. The highest BCUT2D eigenvalue weighted by Crippen LogP contribution is 2.26. The van der Waals surface area contributed by atoms with Crippen LogP contribution in [0.4, 0.5) is 5.69 Å². The molecule has 3 heteroatoms. The Bertz CT molecular complexity index is 428. The third-order valence-electron chi connectivity index (χ3n) is 3.56. The molecule has 1 aliphatic carbocycles.